The van der Waals surface area contributed by atoms with Gasteiger partial charge in [-0.25, -0.2) is 4.39 Å². The predicted octanol–water partition coefficient (Wildman–Crippen LogP) is 2.86. The lowest BCUT2D eigenvalue weighted by Crippen LogP contribution is -2.38. The Balaban J connectivity index is 1.52. The van der Waals surface area contributed by atoms with Crippen molar-refractivity contribution in [2.24, 2.45) is 0 Å². The van der Waals surface area contributed by atoms with Gasteiger partial charge in [-0.15, -0.1) is 0 Å². The number of nitrogens with zero attached hydrogens (tertiary/aromatic N) is 1. The van der Waals surface area contributed by atoms with Crippen LogP contribution in [0, 0.1) is 5.82 Å². The third-order valence-corrected chi connectivity index (χ3v) is 4.41. The molecule has 3 N–H and O–H groups in total. The van der Waals surface area contributed by atoms with E-state index in [1.54, 1.807) is 48.3 Å². The van der Waals surface area contributed by atoms with Crippen molar-refractivity contribution in [3.8, 4) is 0 Å². The van der Waals surface area contributed by atoms with Gasteiger partial charge in [-0.3, -0.25) is 19.3 Å². The summed E-state index contributed by atoms with van der Waals surface area (Å²) in [7, 11) is 1.64. The molecule has 0 aliphatic heterocycles. The summed E-state index contributed by atoms with van der Waals surface area (Å²) in [5.74, 6) is -0.856. The molecule has 0 bridgehead atoms. The number of hydrogen-bond acceptors (Lipinski definition) is 5. The summed E-state index contributed by atoms with van der Waals surface area (Å²) in [6, 6.07) is 15.4. The highest BCUT2D eigenvalue weighted by atomic mass is 19.1. The second-order valence-corrected chi connectivity index (χ2v) is 7.08. The molecule has 0 unspecified atom stereocenters. The zero-order chi connectivity index (χ0) is 22.9. The van der Waals surface area contributed by atoms with Crippen LogP contribution in [0.5, 0.6) is 0 Å². The van der Waals surface area contributed by atoms with E-state index < -0.39 is 11.7 Å². The van der Waals surface area contributed by atoms with Gasteiger partial charge in [0.15, 0.2) is 0 Å². The van der Waals surface area contributed by atoms with Crippen LogP contribution in [0.1, 0.15) is 16.1 Å². The van der Waals surface area contributed by atoms with Crippen molar-refractivity contribution in [3.63, 3.8) is 0 Å². The van der Waals surface area contributed by atoms with Crippen molar-refractivity contribution in [2.75, 3.05) is 30.8 Å². The summed E-state index contributed by atoms with van der Waals surface area (Å²) in [6.07, 6.45) is 1.52. The number of hydrogen-bond donors (Lipinski definition) is 3. The normalized spacial score (nSPS) is 10.6. The summed E-state index contributed by atoms with van der Waals surface area (Å²) < 4.78 is 18.2. The van der Waals surface area contributed by atoms with E-state index >= 15 is 0 Å². The first kappa shape index (κ1) is 22.7. The highest BCUT2D eigenvalue weighted by molar-refractivity contribution is 6.10. The first-order valence-electron chi connectivity index (χ1n) is 9.84. The first-order chi connectivity index (χ1) is 15.4. The number of rotatable bonds is 9. The number of para-hydroxylation sites is 1. The Bertz CT molecular complexity index is 1070. The fourth-order valence-corrected chi connectivity index (χ4v) is 2.91. The number of anilines is 2. The smallest absolute Gasteiger partial charge is 0.257 e. The maximum Gasteiger partial charge on any atom is 0.257 e. The van der Waals surface area contributed by atoms with Crippen LogP contribution in [0.2, 0.25) is 0 Å². The number of carbonyl (C=O) groups is 3. The van der Waals surface area contributed by atoms with Gasteiger partial charge in [-0.2, -0.15) is 0 Å². The van der Waals surface area contributed by atoms with Gasteiger partial charge in [0, 0.05) is 5.69 Å². The van der Waals surface area contributed by atoms with Crippen molar-refractivity contribution in [1.29, 1.82) is 0 Å². The third kappa shape index (κ3) is 6.78. The number of carbonyl (C=O) groups excluding carboxylic acids is 3. The summed E-state index contributed by atoms with van der Waals surface area (Å²) in [6.45, 7) is 0.228. The Hall–Kier alpha value is -3.98. The number of furan rings is 1. The van der Waals surface area contributed by atoms with Gasteiger partial charge < -0.3 is 20.4 Å². The maximum atomic E-state index is 13.1. The van der Waals surface area contributed by atoms with Crippen molar-refractivity contribution >= 4 is 29.1 Å². The minimum atomic E-state index is -0.446. The van der Waals surface area contributed by atoms with Gasteiger partial charge in [0.05, 0.1) is 37.1 Å². The average Bonchev–Trinajstić information content (AvgIpc) is 3.28. The summed E-state index contributed by atoms with van der Waals surface area (Å²) in [5, 5.41) is 8.07. The van der Waals surface area contributed by atoms with E-state index in [1.165, 1.54) is 30.5 Å². The molecule has 3 amide bonds. The highest BCUT2D eigenvalue weighted by Crippen LogP contribution is 2.18. The largest absolute Gasteiger partial charge is 0.467 e. The van der Waals surface area contributed by atoms with E-state index in [0.717, 1.165) is 0 Å². The summed E-state index contributed by atoms with van der Waals surface area (Å²) >= 11 is 0. The number of halogens is 1. The molecule has 166 valence electrons. The monoisotopic (exact) mass is 438 g/mol. The Labute approximate surface area is 184 Å². The quantitative estimate of drug-likeness (QED) is 0.477. The molecule has 0 radical (unpaired) electrons. The topological polar surface area (TPSA) is 104 Å². The standard InChI is InChI=1S/C23H23FN4O4/c1-28(14-21(29)25-13-18-5-4-12-32-18)15-22(30)27-20-7-3-2-6-19(20)23(31)26-17-10-8-16(24)9-11-17/h2-12H,13-15H2,1H3,(H,25,29)(H,26,31)(H,27,30). The number of nitrogens with one attached hydrogen (secondary N) is 3. The maximum absolute atomic E-state index is 13.1. The van der Waals surface area contributed by atoms with E-state index in [4.69, 9.17) is 4.42 Å². The average molecular weight is 438 g/mol. The van der Waals surface area contributed by atoms with Crippen LogP contribution >= 0.6 is 0 Å². The molecule has 0 aliphatic carbocycles. The number of benzene rings is 2. The molecule has 0 saturated heterocycles. The molecule has 0 fully saturated rings. The van der Waals surface area contributed by atoms with Crippen LogP contribution in [0.25, 0.3) is 0 Å². The fraction of sp³-hybridized carbons (Fsp3) is 0.174. The Morgan fingerprint density at radius 3 is 2.34 bits per heavy atom. The Morgan fingerprint density at radius 2 is 1.62 bits per heavy atom. The van der Waals surface area contributed by atoms with Gasteiger partial charge >= 0.3 is 0 Å². The highest BCUT2D eigenvalue weighted by Gasteiger charge is 2.15. The van der Waals surface area contributed by atoms with Gasteiger partial charge in [0.2, 0.25) is 11.8 Å². The Morgan fingerprint density at radius 1 is 0.906 bits per heavy atom. The van der Waals surface area contributed by atoms with Crippen LogP contribution in [0.3, 0.4) is 0 Å². The molecule has 3 aromatic rings. The molecule has 8 nitrogen and oxygen atoms in total. The van der Waals surface area contributed by atoms with Crippen LogP contribution in [-0.2, 0) is 16.1 Å². The molecule has 2 aromatic carbocycles. The molecule has 0 atom stereocenters. The zero-order valence-corrected chi connectivity index (χ0v) is 17.4. The lowest BCUT2D eigenvalue weighted by atomic mass is 10.1. The van der Waals surface area contributed by atoms with E-state index in [0.29, 0.717) is 17.1 Å². The molecular formula is C23H23FN4O4. The fourth-order valence-electron chi connectivity index (χ4n) is 2.91. The summed E-state index contributed by atoms with van der Waals surface area (Å²) in [5.41, 5.74) is 1.01. The molecule has 32 heavy (non-hydrogen) atoms. The molecule has 9 heteroatoms. The van der Waals surface area contributed by atoms with E-state index in [9.17, 15) is 18.8 Å². The van der Waals surface area contributed by atoms with Crippen LogP contribution in [0.4, 0.5) is 15.8 Å². The number of amides is 3. The van der Waals surface area contributed by atoms with Crippen LogP contribution in [0.15, 0.2) is 71.3 Å². The molecule has 0 spiro atoms. The van der Waals surface area contributed by atoms with E-state index in [-0.39, 0.29) is 37.0 Å². The van der Waals surface area contributed by atoms with Crippen molar-refractivity contribution in [3.05, 3.63) is 84.1 Å². The minimum absolute atomic E-state index is 0.0147. The molecular weight excluding hydrogens is 415 g/mol. The molecule has 3 rings (SSSR count). The second kappa shape index (κ2) is 10.9. The van der Waals surface area contributed by atoms with Crippen molar-refractivity contribution < 1.29 is 23.2 Å². The zero-order valence-electron chi connectivity index (χ0n) is 17.4. The SMILES string of the molecule is CN(CC(=O)NCc1ccco1)CC(=O)Nc1ccccc1C(=O)Nc1ccc(F)cc1. The first-order valence-corrected chi connectivity index (χ1v) is 9.84. The lowest BCUT2D eigenvalue weighted by molar-refractivity contribution is -0.123. The van der Waals surface area contributed by atoms with Gasteiger partial charge in [0.25, 0.3) is 5.91 Å². The number of likely N-dealkylation sites (N-methyl/N-ethyl adjacent to an activating group) is 1. The van der Waals surface area contributed by atoms with Crippen LogP contribution < -0.4 is 16.0 Å². The molecule has 1 aromatic heterocycles. The van der Waals surface area contributed by atoms with Gasteiger partial charge in [-0.1, -0.05) is 12.1 Å². The molecule has 0 saturated carbocycles. The minimum Gasteiger partial charge on any atom is -0.467 e. The van der Waals surface area contributed by atoms with E-state index in [2.05, 4.69) is 16.0 Å². The Kier molecular flexibility index (Phi) is 7.71. The molecule has 1 heterocycles. The van der Waals surface area contributed by atoms with Gasteiger partial charge in [0.1, 0.15) is 11.6 Å². The predicted molar refractivity (Wildman–Crippen MR) is 117 cm³/mol. The van der Waals surface area contributed by atoms with Crippen molar-refractivity contribution in [1.82, 2.24) is 10.2 Å². The van der Waals surface area contributed by atoms with Gasteiger partial charge in [-0.05, 0) is 55.6 Å². The summed E-state index contributed by atoms with van der Waals surface area (Å²) in [4.78, 5) is 38.6. The molecule has 0 aliphatic rings. The van der Waals surface area contributed by atoms with Crippen LogP contribution in [-0.4, -0.2) is 42.8 Å². The lowest BCUT2D eigenvalue weighted by Gasteiger charge is -2.17. The second-order valence-electron chi connectivity index (χ2n) is 7.08. The van der Waals surface area contributed by atoms with E-state index in [1.807, 2.05) is 0 Å². The third-order valence-electron chi connectivity index (χ3n) is 4.41. The van der Waals surface area contributed by atoms with Crippen molar-refractivity contribution in [2.45, 2.75) is 6.54 Å².